The molecule has 20 heavy (non-hydrogen) atoms. The van der Waals surface area contributed by atoms with Crippen molar-refractivity contribution in [3.63, 3.8) is 0 Å². The van der Waals surface area contributed by atoms with Crippen LogP contribution in [0, 0.1) is 5.92 Å². The Hall–Kier alpha value is -0.380. The number of benzene rings is 1. The van der Waals surface area contributed by atoms with E-state index in [4.69, 9.17) is 5.73 Å². The van der Waals surface area contributed by atoms with E-state index in [1.54, 1.807) is 0 Å². The average Bonchev–Trinajstić information content (AvgIpc) is 2.48. The third kappa shape index (κ3) is 4.87. The van der Waals surface area contributed by atoms with Crippen LogP contribution >= 0.6 is 15.9 Å². The molecule has 0 aromatic heterocycles. The number of rotatable bonds is 6. The van der Waals surface area contributed by atoms with Crippen LogP contribution < -0.4 is 5.73 Å². The molecular formula is C17H27BrN2. The largest absolute Gasteiger partial charge is 0.329 e. The number of nitrogens with two attached hydrogens (primary N) is 1. The summed E-state index contributed by atoms with van der Waals surface area (Å²) in [5, 5.41) is 0. The third-order valence-electron chi connectivity index (χ3n) is 4.57. The van der Waals surface area contributed by atoms with Crippen molar-refractivity contribution in [1.29, 1.82) is 0 Å². The molecule has 0 radical (unpaired) electrons. The Morgan fingerprint density at radius 1 is 1.20 bits per heavy atom. The van der Waals surface area contributed by atoms with E-state index in [-0.39, 0.29) is 0 Å². The summed E-state index contributed by atoms with van der Waals surface area (Å²) in [5.41, 5.74) is 7.38. The first-order chi connectivity index (χ1) is 9.69. The first-order valence-electron chi connectivity index (χ1n) is 7.84. The number of hydrogen-bond donors (Lipinski definition) is 1. The zero-order valence-electron chi connectivity index (χ0n) is 12.5. The molecule has 112 valence electrons. The molecule has 2 rings (SSSR count). The van der Waals surface area contributed by atoms with Crippen molar-refractivity contribution in [2.24, 2.45) is 11.7 Å². The molecule has 2 nitrogen and oxygen atoms in total. The van der Waals surface area contributed by atoms with Crippen molar-refractivity contribution < 1.29 is 0 Å². The zero-order valence-corrected chi connectivity index (χ0v) is 14.1. The van der Waals surface area contributed by atoms with Gasteiger partial charge in [-0.2, -0.15) is 0 Å². The van der Waals surface area contributed by atoms with Crippen LogP contribution in [0.1, 0.15) is 44.1 Å². The summed E-state index contributed by atoms with van der Waals surface area (Å²) in [4.78, 5) is 2.43. The molecule has 3 heteroatoms. The Bertz CT molecular complexity index is 384. The van der Waals surface area contributed by atoms with Gasteiger partial charge in [0.05, 0.1) is 0 Å². The minimum absolute atomic E-state index is 0.516. The van der Waals surface area contributed by atoms with Gasteiger partial charge in [0.1, 0.15) is 0 Å². The number of likely N-dealkylation sites (N-methyl/N-ethyl adjacent to an activating group) is 1. The van der Waals surface area contributed by atoms with Gasteiger partial charge >= 0.3 is 0 Å². The Kier molecular flexibility index (Phi) is 6.53. The van der Waals surface area contributed by atoms with Crippen molar-refractivity contribution in [2.45, 2.75) is 51.1 Å². The molecule has 1 unspecified atom stereocenters. The highest BCUT2D eigenvalue weighted by Crippen LogP contribution is 2.28. The molecule has 1 aromatic rings. The van der Waals surface area contributed by atoms with Crippen LogP contribution in [-0.2, 0) is 6.54 Å². The van der Waals surface area contributed by atoms with E-state index in [1.807, 2.05) is 0 Å². The predicted octanol–water partition coefficient (Wildman–Crippen LogP) is 4.18. The molecule has 1 fully saturated rings. The second kappa shape index (κ2) is 8.16. The minimum Gasteiger partial charge on any atom is -0.329 e. The monoisotopic (exact) mass is 338 g/mol. The minimum atomic E-state index is 0.516. The molecular weight excluding hydrogens is 312 g/mol. The van der Waals surface area contributed by atoms with Gasteiger partial charge in [-0.3, -0.25) is 4.90 Å². The molecule has 0 aliphatic heterocycles. The highest BCUT2D eigenvalue weighted by Gasteiger charge is 2.21. The maximum Gasteiger partial charge on any atom is 0.0234 e. The summed E-state index contributed by atoms with van der Waals surface area (Å²) < 4.78 is 1.14. The van der Waals surface area contributed by atoms with Gasteiger partial charge in [-0.1, -0.05) is 60.2 Å². The van der Waals surface area contributed by atoms with Crippen molar-refractivity contribution in [1.82, 2.24) is 4.90 Å². The SMILES string of the molecule is CN(Cc1ccc(Br)cc1)C(CN)CC1CCCCC1. The Morgan fingerprint density at radius 3 is 2.45 bits per heavy atom. The number of hydrogen-bond acceptors (Lipinski definition) is 2. The lowest BCUT2D eigenvalue weighted by molar-refractivity contribution is 0.185. The van der Waals surface area contributed by atoms with Crippen LogP contribution in [0.2, 0.25) is 0 Å². The number of halogens is 1. The maximum atomic E-state index is 6.02. The summed E-state index contributed by atoms with van der Waals surface area (Å²) in [7, 11) is 2.21. The van der Waals surface area contributed by atoms with Crippen LogP contribution in [0.5, 0.6) is 0 Å². The summed E-state index contributed by atoms with van der Waals surface area (Å²) in [5.74, 6) is 0.893. The van der Waals surface area contributed by atoms with Crippen LogP contribution in [0.25, 0.3) is 0 Å². The average molecular weight is 339 g/mol. The Balaban J connectivity index is 1.87. The second-order valence-electron chi connectivity index (χ2n) is 6.17. The van der Waals surface area contributed by atoms with Crippen LogP contribution in [0.3, 0.4) is 0 Å². The van der Waals surface area contributed by atoms with E-state index in [0.717, 1.165) is 23.5 Å². The van der Waals surface area contributed by atoms with Gasteiger partial charge in [-0.05, 0) is 37.1 Å². The fourth-order valence-corrected chi connectivity index (χ4v) is 3.53. The molecule has 0 amide bonds. The smallest absolute Gasteiger partial charge is 0.0234 e. The third-order valence-corrected chi connectivity index (χ3v) is 5.10. The Labute approximate surface area is 131 Å². The summed E-state index contributed by atoms with van der Waals surface area (Å²) >= 11 is 3.49. The lowest BCUT2D eigenvalue weighted by Crippen LogP contribution is -2.39. The first kappa shape index (κ1) is 16.0. The topological polar surface area (TPSA) is 29.3 Å². The lowest BCUT2D eigenvalue weighted by Gasteiger charge is -2.32. The molecule has 1 aromatic carbocycles. The van der Waals surface area contributed by atoms with E-state index in [0.29, 0.717) is 6.04 Å². The van der Waals surface area contributed by atoms with Crippen molar-refractivity contribution >= 4 is 15.9 Å². The normalized spacial score (nSPS) is 18.4. The fourth-order valence-electron chi connectivity index (χ4n) is 3.27. The van der Waals surface area contributed by atoms with E-state index in [9.17, 15) is 0 Å². The van der Waals surface area contributed by atoms with Crippen molar-refractivity contribution in [3.8, 4) is 0 Å². The van der Waals surface area contributed by atoms with Gasteiger partial charge in [0.25, 0.3) is 0 Å². The van der Waals surface area contributed by atoms with Crippen molar-refractivity contribution in [3.05, 3.63) is 34.3 Å². The molecule has 0 saturated heterocycles. The lowest BCUT2D eigenvalue weighted by atomic mass is 9.84. The molecule has 0 spiro atoms. The zero-order chi connectivity index (χ0) is 14.4. The molecule has 1 aliphatic rings. The van der Waals surface area contributed by atoms with Crippen molar-refractivity contribution in [2.75, 3.05) is 13.6 Å². The quantitative estimate of drug-likeness (QED) is 0.842. The van der Waals surface area contributed by atoms with Gasteiger partial charge in [-0.25, -0.2) is 0 Å². The highest BCUT2D eigenvalue weighted by atomic mass is 79.9. The van der Waals surface area contributed by atoms with Gasteiger partial charge in [0.2, 0.25) is 0 Å². The molecule has 0 heterocycles. The predicted molar refractivity (Wildman–Crippen MR) is 89.6 cm³/mol. The van der Waals surface area contributed by atoms with E-state index >= 15 is 0 Å². The van der Waals surface area contributed by atoms with Crippen LogP contribution in [0.15, 0.2) is 28.7 Å². The van der Waals surface area contributed by atoms with Crippen LogP contribution in [0.4, 0.5) is 0 Å². The van der Waals surface area contributed by atoms with E-state index in [1.165, 1.54) is 44.1 Å². The highest BCUT2D eigenvalue weighted by molar-refractivity contribution is 9.10. The summed E-state index contributed by atoms with van der Waals surface area (Å²) in [6.45, 7) is 1.76. The van der Waals surface area contributed by atoms with Gasteiger partial charge in [0.15, 0.2) is 0 Å². The summed E-state index contributed by atoms with van der Waals surface area (Å²) in [6.07, 6.45) is 8.34. The van der Waals surface area contributed by atoms with E-state index in [2.05, 4.69) is 52.1 Å². The molecule has 0 bridgehead atoms. The maximum absolute atomic E-state index is 6.02. The van der Waals surface area contributed by atoms with Gasteiger partial charge < -0.3 is 5.73 Å². The molecule has 1 atom stereocenters. The summed E-state index contributed by atoms with van der Waals surface area (Å²) in [6, 6.07) is 9.12. The fraction of sp³-hybridized carbons (Fsp3) is 0.647. The van der Waals surface area contributed by atoms with Crippen LogP contribution in [-0.4, -0.2) is 24.5 Å². The molecule has 1 saturated carbocycles. The second-order valence-corrected chi connectivity index (χ2v) is 7.09. The number of nitrogens with zero attached hydrogens (tertiary/aromatic N) is 1. The first-order valence-corrected chi connectivity index (χ1v) is 8.63. The molecule has 2 N–H and O–H groups in total. The van der Waals surface area contributed by atoms with Gasteiger partial charge in [0, 0.05) is 23.6 Å². The van der Waals surface area contributed by atoms with E-state index < -0.39 is 0 Å². The van der Waals surface area contributed by atoms with Gasteiger partial charge in [-0.15, -0.1) is 0 Å². The Morgan fingerprint density at radius 2 is 1.85 bits per heavy atom. The standard InChI is InChI=1S/C17H27BrN2/c1-20(13-15-7-9-16(18)10-8-15)17(12-19)11-14-5-3-2-4-6-14/h7-10,14,17H,2-6,11-13,19H2,1H3. The molecule has 1 aliphatic carbocycles.